The molecule has 3 aromatic carbocycles. The second-order valence-electron chi connectivity index (χ2n) is 9.28. The standard InChI is InChI=1S/C30H26BrClN2O5S/c1-2-38-25-14-20(13-24(31)28(25)39-18-19-7-9-23(32)10-8-19)15-26-29(36)34(30(37)40-26)17-27(35)33-12-11-21-5-3-4-6-22(21)16-33/h3-10,13-15H,2,11-12,16-18H2,1H3/b26-15+. The van der Waals surface area contributed by atoms with Crippen molar-refractivity contribution in [2.24, 2.45) is 0 Å². The van der Waals surface area contributed by atoms with Crippen LogP contribution in [-0.2, 0) is 29.2 Å². The Labute approximate surface area is 250 Å². The Morgan fingerprint density at radius 2 is 1.82 bits per heavy atom. The molecule has 1 fully saturated rings. The number of nitrogens with zero attached hydrogens (tertiary/aromatic N) is 2. The molecule has 0 aromatic heterocycles. The van der Waals surface area contributed by atoms with Gasteiger partial charge in [-0.05, 0) is 93.6 Å². The van der Waals surface area contributed by atoms with Crippen LogP contribution in [0.5, 0.6) is 11.5 Å². The highest BCUT2D eigenvalue weighted by Gasteiger charge is 2.37. The molecule has 0 N–H and O–H groups in total. The number of thioether (sulfide) groups is 1. The van der Waals surface area contributed by atoms with Gasteiger partial charge >= 0.3 is 0 Å². The third kappa shape index (κ3) is 6.37. The molecule has 10 heteroatoms. The molecule has 0 radical (unpaired) electrons. The maximum absolute atomic E-state index is 13.2. The lowest BCUT2D eigenvalue weighted by Gasteiger charge is -2.29. The zero-order valence-corrected chi connectivity index (χ0v) is 24.9. The summed E-state index contributed by atoms with van der Waals surface area (Å²) in [6.45, 7) is 3.34. The van der Waals surface area contributed by atoms with Gasteiger partial charge in [-0.2, -0.15) is 0 Å². The average molecular weight is 642 g/mol. The molecule has 0 unspecified atom stereocenters. The lowest BCUT2D eigenvalue weighted by atomic mass is 10.00. The molecular formula is C30H26BrClN2O5S. The number of hydrogen-bond donors (Lipinski definition) is 0. The molecule has 2 aliphatic heterocycles. The maximum atomic E-state index is 13.2. The van der Waals surface area contributed by atoms with Crippen LogP contribution in [0.4, 0.5) is 4.79 Å². The van der Waals surface area contributed by atoms with E-state index in [1.165, 1.54) is 5.56 Å². The quantitative estimate of drug-likeness (QED) is 0.255. The van der Waals surface area contributed by atoms with Gasteiger partial charge in [0, 0.05) is 18.1 Å². The van der Waals surface area contributed by atoms with Crippen molar-refractivity contribution >= 4 is 62.4 Å². The first-order valence-corrected chi connectivity index (χ1v) is 14.7. The van der Waals surface area contributed by atoms with Gasteiger partial charge in [0.2, 0.25) is 5.91 Å². The second kappa shape index (κ2) is 12.5. The molecule has 3 aromatic rings. The first-order valence-electron chi connectivity index (χ1n) is 12.8. The van der Waals surface area contributed by atoms with E-state index in [9.17, 15) is 14.4 Å². The van der Waals surface area contributed by atoms with Gasteiger partial charge in [0.15, 0.2) is 11.5 Å². The summed E-state index contributed by atoms with van der Waals surface area (Å²) in [4.78, 5) is 41.8. The van der Waals surface area contributed by atoms with Crippen molar-refractivity contribution in [1.82, 2.24) is 9.80 Å². The number of rotatable bonds is 8. The van der Waals surface area contributed by atoms with E-state index in [-0.39, 0.29) is 17.4 Å². The van der Waals surface area contributed by atoms with Gasteiger partial charge in [0.1, 0.15) is 13.2 Å². The molecule has 206 valence electrons. The summed E-state index contributed by atoms with van der Waals surface area (Å²) in [5, 5.41) is 0.185. The van der Waals surface area contributed by atoms with Gasteiger partial charge in [-0.25, -0.2) is 0 Å². The van der Waals surface area contributed by atoms with Crippen LogP contribution in [0.1, 0.15) is 29.2 Å². The van der Waals surface area contributed by atoms with Crippen molar-refractivity contribution in [1.29, 1.82) is 0 Å². The largest absolute Gasteiger partial charge is 0.490 e. The number of imide groups is 1. The normalized spacial score (nSPS) is 15.9. The molecular weight excluding hydrogens is 616 g/mol. The Hall–Kier alpha value is -3.27. The lowest BCUT2D eigenvalue weighted by molar-refractivity contribution is -0.136. The molecule has 2 aliphatic rings. The molecule has 1 saturated heterocycles. The van der Waals surface area contributed by atoms with Crippen LogP contribution >= 0.6 is 39.3 Å². The molecule has 40 heavy (non-hydrogen) atoms. The molecule has 0 saturated carbocycles. The first kappa shape index (κ1) is 28.3. The van der Waals surface area contributed by atoms with E-state index in [2.05, 4.69) is 22.0 Å². The van der Waals surface area contributed by atoms with Crippen LogP contribution in [0.25, 0.3) is 6.08 Å². The predicted molar refractivity (Wildman–Crippen MR) is 159 cm³/mol. The van der Waals surface area contributed by atoms with E-state index in [0.29, 0.717) is 52.9 Å². The number of carbonyl (C=O) groups is 3. The summed E-state index contributed by atoms with van der Waals surface area (Å²) in [5.41, 5.74) is 3.91. The average Bonchev–Trinajstić information content (AvgIpc) is 3.20. The summed E-state index contributed by atoms with van der Waals surface area (Å²) in [5.74, 6) is 0.284. The summed E-state index contributed by atoms with van der Waals surface area (Å²) in [6, 6.07) is 18.9. The minimum Gasteiger partial charge on any atom is -0.490 e. The zero-order valence-electron chi connectivity index (χ0n) is 21.7. The predicted octanol–water partition coefficient (Wildman–Crippen LogP) is 6.70. The lowest BCUT2D eigenvalue weighted by Crippen LogP contribution is -2.44. The SMILES string of the molecule is CCOc1cc(/C=C2/SC(=O)N(CC(=O)N3CCc4ccccc4C3)C2=O)cc(Br)c1OCc1ccc(Cl)cc1. The molecule has 7 nitrogen and oxygen atoms in total. The van der Waals surface area contributed by atoms with E-state index in [1.807, 2.05) is 37.3 Å². The van der Waals surface area contributed by atoms with Crippen molar-refractivity contribution in [3.05, 3.63) is 97.3 Å². The van der Waals surface area contributed by atoms with Gasteiger partial charge in [-0.15, -0.1) is 0 Å². The monoisotopic (exact) mass is 640 g/mol. The summed E-state index contributed by atoms with van der Waals surface area (Å²) in [6.07, 6.45) is 2.38. The number of carbonyl (C=O) groups excluding carboxylic acids is 3. The zero-order chi connectivity index (χ0) is 28.2. The minimum absolute atomic E-state index is 0.242. The van der Waals surface area contributed by atoms with E-state index >= 15 is 0 Å². The molecule has 0 aliphatic carbocycles. The first-order chi connectivity index (χ1) is 19.3. The molecule has 2 heterocycles. The number of hydrogen-bond acceptors (Lipinski definition) is 6. The Morgan fingerprint density at radius 3 is 2.58 bits per heavy atom. The number of benzene rings is 3. The molecule has 0 bridgehead atoms. The van der Waals surface area contributed by atoms with Gasteiger partial charge in [-0.1, -0.05) is 48.0 Å². The van der Waals surface area contributed by atoms with Crippen LogP contribution in [0.3, 0.4) is 0 Å². The van der Waals surface area contributed by atoms with Crippen LogP contribution < -0.4 is 9.47 Å². The third-order valence-corrected chi connectivity index (χ3v) is 8.32. The van der Waals surface area contributed by atoms with Gasteiger partial charge in [0.25, 0.3) is 11.1 Å². The van der Waals surface area contributed by atoms with Crippen LogP contribution in [0.2, 0.25) is 5.02 Å². The Bertz CT molecular complexity index is 1490. The summed E-state index contributed by atoms with van der Waals surface area (Å²) < 4.78 is 12.5. The smallest absolute Gasteiger partial charge is 0.294 e. The summed E-state index contributed by atoms with van der Waals surface area (Å²) >= 11 is 10.3. The Balaban J connectivity index is 1.29. The number of amides is 3. The minimum atomic E-state index is -0.488. The van der Waals surface area contributed by atoms with Crippen LogP contribution in [0, 0.1) is 0 Å². The Kier molecular flexibility index (Phi) is 8.83. The fourth-order valence-corrected chi connectivity index (χ4v) is 6.08. The topological polar surface area (TPSA) is 76.2 Å². The van der Waals surface area contributed by atoms with Crippen LogP contribution in [0.15, 0.2) is 70.0 Å². The number of ether oxygens (including phenoxy) is 2. The van der Waals surface area contributed by atoms with E-state index in [0.717, 1.165) is 34.2 Å². The van der Waals surface area contributed by atoms with Crippen molar-refractivity contribution in [2.75, 3.05) is 19.7 Å². The molecule has 0 atom stereocenters. The third-order valence-electron chi connectivity index (χ3n) is 6.58. The van der Waals surface area contributed by atoms with Gasteiger partial charge < -0.3 is 14.4 Å². The summed E-state index contributed by atoms with van der Waals surface area (Å²) in [7, 11) is 0. The fourth-order valence-electron chi connectivity index (χ4n) is 4.54. The van der Waals surface area contributed by atoms with Crippen molar-refractivity contribution in [3.63, 3.8) is 0 Å². The van der Waals surface area contributed by atoms with Crippen molar-refractivity contribution in [2.45, 2.75) is 26.5 Å². The highest BCUT2D eigenvalue weighted by molar-refractivity contribution is 9.10. The fraction of sp³-hybridized carbons (Fsp3) is 0.233. The van der Waals surface area contributed by atoms with E-state index in [4.69, 9.17) is 21.1 Å². The van der Waals surface area contributed by atoms with Crippen molar-refractivity contribution in [3.8, 4) is 11.5 Å². The van der Waals surface area contributed by atoms with Gasteiger partial charge in [0.05, 0.1) is 16.0 Å². The van der Waals surface area contributed by atoms with E-state index < -0.39 is 11.1 Å². The second-order valence-corrected chi connectivity index (χ2v) is 11.6. The number of fused-ring (bicyclic) bond motifs is 1. The van der Waals surface area contributed by atoms with Crippen molar-refractivity contribution < 1.29 is 23.9 Å². The molecule has 5 rings (SSSR count). The number of halogens is 2. The molecule has 0 spiro atoms. The molecule has 3 amide bonds. The highest BCUT2D eigenvalue weighted by atomic mass is 79.9. The van der Waals surface area contributed by atoms with E-state index in [1.54, 1.807) is 35.2 Å². The van der Waals surface area contributed by atoms with Gasteiger partial charge in [-0.3, -0.25) is 19.3 Å². The maximum Gasteiger partial charge on any atom is 0.294 e. The highest BCUT2D eigenvalue weighted by Crippen LogP contribution is 2.40. The van der Waals surface area contributed by atoms with Crippen LogP contribution in [-0.4, -0.2) is 46.5 Å². The Morgan fingerprint density at radius 1 is 1.07 bits per heavy atom.